The van der Waals surface area contributed by atoms with Gasteiger partial charge in [-0.25, -0.2) is 13.8 Å². The van der Waals surface area contributed by atoms with Crippen molar-refractivity contribution in [2.45, 2.75) is 6.54 Å². The summed E-state index contributed by atoms with van der Waals surface area (Å²) in [6, 6.07) is 3.63. The molecule has 0 radical (unpaired) electrons. The molecule has 1 heterocycles. The van der Waals surface area contributed by atoms with E-state index in [9.17, 15) is 8.78 Å². The van der Waals surface area contributed by atoms with E-state index in [1.807, 2.05) is 0 Å². The minimum Gasteiger partial charge on any atom is -0.404 e. The van der Waals surface area contributed by atoms with Gasteiger partial charge in [0.05, 0.1) is 18.4 Å². The van der Waals surface area contributed by atoms with Crippen molar-refractivity contribution in [1.82, 2.24) is 9.97 Å². The number of nitrogens with zero attached hydrogens (tertiary/aromatic N) is 4. The molecule has 1 aromatic heterocycles. The first-order valence-corrected chi connectivity index (χ1v) is 9.07. The lowest BCUT2D eigenvalue weighted by Gasteiger charge is -2.11. The van der Waals surface area contributed by atoms with Gasteiger partial charge in [-0.05, 0) is 12.1 Å². The predicted molar refractivity (Wildman–Crippen MR) is 117 cm³/mol. The van der Waals surface area contributed by atoms with Gasteiger partial charge in [0, 0.05) is 49.6 Å². The molecule has 2 aromatic rings. The van der Waals surface area contributed by atoms with Crippen molar-refractivity contribution in [2.24, 2.45) is 21.5 Å². The number of halogens is 3. The van der Waals surface area contributed by atoms with Crippen molar-refractivity contribution in [3.05, 3.63) is 70.3 Å². The molecule has 0 atom stereocenters. The Bertz CT molecular complexity index is 968. The fourth-order valence-electron chi connectivity index (χ4n) is 2.22. The van der Waals surface area contributed by atoms with Crippen LogP contribution >= 0.6 is 11.6 Å². The van der Waals surface area contributed by atoms with Gasteiger partial charge in [-0.3, -0.25) is 9.98 Å². The summed E-state index contributed by atoms with van der Waals surface area (Å²) in [5, 5.41) is 5.85. The molecule has 158 valence electrons. The Morgan fingerprint density at radius 2 is 1.93 bits per heavy atom. The molecule has 0 aliphatic carbocycles. The van der Waals surface area contributed by atoms with Crippen LogP contribution in [0.3, 0.4) is 0 Å². The maximum Gasteiger partial charge on any atom is 0.229 e. The second-order valence-corrected chi connectivity index (χ2v) is 6.20. The molecule has 11 heteroatoms. The van der Waals surface area contributed by atoms with Crippen molar-refractivity contribution in [3.63, 3.8) is 0 Å². The van der Waals surface area contributed by atoms with Crippen LogP contribution in [-0.4, -0.2) is 36.0 Å². The average Bonchev–Trinajstić information content (AvgIpc) is 2.73. The number of allylic oxidation sites excluding steroid dienone is 1. The van der Waals surface area contributed by atoms with E-state index in [1.165, 1.54) is 43.0 Å². The molecule has 0 aliphatic heterocycles. The molecule has 0 aliphatic rings. The largest absolute Gasteiger partial charge is 0.404 e. The third-order valence-corrected chi connectivity index (χ3v) is 3.96. The van der Waals surface area contributed by atoms with E-state index in [2.05, 4.69) is 30.6 Å². The number of aromatic nitrogens is 2. The van der Waals surface area contributed by atoms with Gasteiger partial charge in [0.25, 0.3) is 0 Å². The fourth-order valence-corrected chi connectivity index (χ4v) is 2.38. The van der Waals surface area contributed by atoms with Gasteiger partial charge < -0.3 is 22.1 Å². The zero-order valence-corrected chi connectivity index (χ0v) is 16.9. The molecule has 30 heavy (non-hydrogen) atoms. The normalized spacial score (nSPS) is 12.7. The van der Waals surface area contributed by atoms with Gasteiger partial charge in [-0.2, -0.15) is 4.98 Å². The molecule has 0 saturated heterocycles. The summed E-state index contributed by atoms with van der Waals surface area (Å²) in [6.45, 7) is 0.151. The smallest absolute Gasteiger partial charge is 0.229 e. The standard InChI is InChI=1S/C19H21ClF2N8/c1-25-7-12(5-23)8-26-9-13(6-24)29-19-28-11-15(20)18(30-19)27-10-14-16(21)3-2-4-17(14)22/h2-7,9,11H,8,10,23-24H2,1H3,(H2,27,28,29,30)/b12-5+,13-6+,25-7?,26-9?. The fraction of sp³-hybridized carbons (Fsp3) is 0.158. The summed E-state index contributed by atoms with van der Waals surface area (Å²) in [7, 11) is 1.63. The van der Waals surface area contributed by atoms with Crippen LogP contribution in [0, 0.1) is 11.6 Å². The summed E-state index contributed by atoms with van der Waals surface area (Å²) in [4.78, 5) is 16.3. The number of rotatable bonds is 9. The van der Waals surface area contributed by atoms with E-state index in [0.29, 0.717) is 12.2 Å². The quantitative estimate of drug-likeness (QED) is 0.449. The molecular formula is C19H21ClF2N8. The number of aliphatic imine (C=N–C) groups is 2. The third kappa shape index (κ3) is 6.52. The van der Waals surface area contributed by atoms with Gasteiger partial charge in [-0.15, -0.1) is 0 Å². The van der Waals surface area contributed by atoms with Crippen molar-refractivity contribution in [1.29, 1.82) is 0 Å². The molecule has 0 fully saturated rings. The Kier molecular flexibility index (Phi) is 8.70. The van der Waals surface area contributed by atoms with Crippen LogP contribution in [-0.2, 0) is 6.54 Å². The average molecular weight is 435 g/mol. The third-order valence-electron chi connectivity index (χ3n) is 3.69. The van der Waals surface area contributed by atoms with E-state index in [0.717, 1.165) is 5.57 Å². The van der Waals surface area contributed by atoms with Crippen LogP contribution in [0.15, 0.2) is 58.1 Å². The lowest BCUT2D eigenvalue weighted by molar-refractivity contribution is 0.560. The van der Waals surface area contributed by atoms with Crippen LogP contribution < -0.4 is 22.1 Å². The van der Waals surface area contributed by atoms with E-state index < -0.39 is 11.6 Å². The van der Waals surface area contributed by atoms with E-state index in [1.54, 1.807) is 13.3 Å². The monoisotopic (exact) mass is 434 g/mol. The van der Waals surface area contributed by atoms with Gasteiger partial charge in [0.15, 0.2) is 5.82 Å². The molecule has 6 N–H and O–H groups in total. The first kappa shape index (κ1) is 22.8. The summed E-state index contributed by atoms with van der Waals surface area (Å²) in [5.74, 6) is -0.995. The highest BCUT2D eigenvalue weighted by Gasteiger charge is 2.11. The minimum absolute atomic E-state index is 0.129. The van der Waals surface area contributed by atoms with Crippen molar-refractivity contribution < 1.29 is 8.78 Å². The van der Waals surface area contributed by atoms with Gasteiger partial charge in [0.2, 0.25) is 5.95 Å². The highest BCUT2D eigenvalue weighted by Crippen LogP contribution is 2.22. The number of nitrogens with one attached hydrogen (secondary N) is 2. The molecule has 0 bridgehead atoms. The maximum absolute atomic E-state index is 13.8. The van der Waals surface area contributed by atoms with Gasteiger partial charge >= 0.3 is 0 Å². The second-order valence-electron chi connectivity index (χ2n) is 5.79. The molecule has 0 amide bonds. The van der Waals surface area contributed by atoms with Crippen molar-refractivity contribution in [3.8, 4) is 0 Å². The number of nitrogens with two attached hydrogens (primary N) is 2. The first-order valence-electron chi connectivity index (χ1n) is 8.69. The molecular weight excluding hydrogens is 414 g/mol. The number of hydrogen-bond donors (Lipinski definition) is 4. The van der Waals surface area contributed by atoms with Crippen LogP contribution in [0.5, 0.6) is 0 Å². The highest BCUT2D eigenvalue weighted by molar-refractivity contribution is 6.32. The highest BCUT2D eigenvalue weighted by atomic mass is 35.5. The zero-order chi connectivity index (χ0) is 21.9. The van der Waals surface area contributed by atoms with Crippen LogP contribution in [0.1, 0.15) is 5.56 Å². The van der Waals surface area contributed by atoms with Gasteiger partial charge in [-0.1, -0.05) is 17.7 Å². The Hall–Kier alpha value is -3.53. The van der Waals surface area contributed by atoms with Gasteiger partial charge in [0.1, 0.15) is 16.7 Å². The predicted octanol–water partition coefficient (Wildman–Crippen LogP) is 2.85. The number of anilines is 2. The zero-order valence-electron chi connectivity index (χ0n) is 16.1. The van der Waals surface area contributed by atoms with E-state index in [4.69, 9.17) is 23.1 Å². The maximum atomic E-state index is 13.8. The van der Waals surface area contributed by atoms with Crippen molar-refractivity contribution >= 4 is 35.8 Å². The Morgan fingerprint density at radius 1 is 1.20 bits per heavy atom. The molecule has 0 spiro atoms. The second kappa shape index (κ2) is 11.5. The number of benzene rings is 1. The Labute approximate surface area is 177 Å². The molecule has 2 rings (SSSR count). The Balaban J connectivity index is 2.08. The summed E-state index contributed by atoms with van der Waals surface area (Å²) in [5.41, 5.74) is 12.1. The summed E-state index contributed by atoms with van der Waals surface area (Å²) >= 11 is 6.08. The summed E-state index contributed by atoms with van der Waals surface area (Å²) < 4.78 is 27.6. The van der Waals surface area contributed by atoms with E-state index >= 15 is 0 Å². The molecule has 1 aromatic carbocycles. The molecule has 8 nitrogen and oxygen atoms in total. The van der Waals surface area contributed by atoms with Crippen LogP contribution in [0.25, 0.3) is 0 Å². The SMILES string of the molecule is CN=C/C(=C\N)CN=C/C(=C\N)Nc1ncc(Cl)c(NCc2c(F)cccc2F)n1. The van der Waals surface area contributed by atoms with E-state index in [-0.39, 0.29) is 28.9 Å². The lowest BCUT2D eigenvalue weighted by Crippen LogP contribution is -2.10. The lowest BCUT2D eigenvalue weighted by atomic mass is 10.2. The minimum atomic E-state index is -0.672. The van der Waals surface area contributed by atoms with Crippen LogP contribution in [0.4, 0.5) is 20.5 Å². The topological polar surface area (TPSA) is 127 Å². The number of hydrogen-bond acceptors (Lipinski definition) is 8. The summed E-state index contributed by atoms with van der Waals surface area (Å²) in [6.07, 6.45) is 7.10. The molecule has 0 unspecified atom stereocenters. The van der Waals surface area contributed by atoms with Crippen molar-refractivity contribution in [2.75, 3.05) is 24.2 Å². The molecule has 0 saturated carbocycles. The first-order chi connectivity index (χ1) is 14.5. The Morgan fingerprint density at radius 3 is 2.57 bits per heavy atom. The van der Waals surface area contributed by atoms with Crippen LogP contribution in [0.2, 0.25) is 5.02 Å².